The molecule has 0 bridgehead atoms. The minimum Gasteiger partial charge on any atom is -0.440 e. The number of nitrogens with one attached hydrogen (secondary N) is 1. The smallest absolute Gasteiger partial charge is 0.252 e. The zero-order valence-corrected chi connectivity index (χ0v) is 16.0. The second-order valence-corrected chi connectivity index (χ2v) is 6.66. The number of hydrogen-bond acceptors (Lipinski definition) is 6. The molecule has 1 amide bonds. The summed E-state index contributed by atoms with van der Waals surface area (Å²) >= 11 is 0. The molecule has 1 unspecified atom stereocenters. The molecule has 0 radical (unpaired) electrons. The van der Waals surface area contributed by atoms with Crippen molar-refractivity contribution in [1.82, 2.24) is 20.4 Å². The lowest BCUT2D eigenvalue weighted by Crippen LogP contribution is -2.26. The lowest BCUT2D eigenvalue weighted by atomic mass is 10.1. The SMILES string of the molecule is CCc1noc(C(C)NC(=O)c2ccc3nc(Cc4ccccc4F)oc3c2)n1. The van der Waals surface area contributed by atoms with Crippen LogP contribution in [0.15, 0.2) is 51.4 Å². The van der Waals surface area contributed by atoms with Crippen molar-refractivity contribution in [3.05, 3.63) is 77.0 Å². The molecule has 7 nitrogen and oxygen atoms in total. The van der Waals surface area contributed by atoms with Gasteiger partial charge in [0.1, 0.15) is 17.4 Å². The van der Waals surface area contributed by atoms with E-state index < -0.39 is 6.04 Å². The van der Waals surface area contributed by atoms with Crippen LogP contribution < -0.4 is 5.32 Å². The van der Waals surface area contributed by atoms with Gasteiger partial charge in [-0.1, -0.05) is 30.3 Å². The first-order valence-corrected chi connectivity index (χ1v) is 9.29. The molecule has 2 aromatic heterocycles. The molecular weight excluding hydrogens is 375 g/mol. The molecular formula is C21H19FN4O3. The summed E-state index contributed by atoms with van der Waals surface area (Å²) < 4.78 is 24.7. The Labute approximate surface area is 165 Å². The molecule has 2 heterocycles. The van der Waals surface area contributed by atoms with E-state index in [4.69, 9.17) is 8.94 Å². The van der Waals surface area contributed by atoms with Gasteiger partial charge in [0.05, 0.1) is 6.42 Å². The van der Waals surface area contributed by atoms with Gasteiger partial charge >= 0.3 is 0 Å². The van der Waals surface area contributed by atoms with Crippen molar-refractivity contribution >= 4 is 17.0 Å². The lowest BCUT2D eigenvalue weighted by Gasteiger charge is -2.09. The number of benzene rings is 2. The van der Waals surface area contributed by atoms with E-state index in [1.165, 1.54) is 6.07 Å². The molecule has 4 aromatic rings. The molecule has 4 rings (SSSR count). The van der Waals surface area contributed by atoms with E-state index in [1.54, 1.807) is 43.3 Å². The van der Waals surface area contributed by atoms with E-state index in [1.807, 2.05) is 6.92 Å². The van der Waals surface area contributed by atoms with Crippen molar-refractivity contribution in [1.29, 1.82) is 0 Å². The van der Waals surface area contributed by atoms with Gasteiger partial charge in [-0.05, 0) is 36.8 Å². The van der Waals surface area contributed by atoms with Crippen LogP contribution in [0.1, 0.15) is 53.4 Å². The van der Waals surface area contributed by atoms with Crippen LogP contribution in [0.5, 0.6) is 0 Å². The van der Waals surface area contributed by atoms with E-state index in [2.05, 4.69) is 20.4 Å². The Bertz CT molecular complexity index is 1170. The predicted octanol–water partition coefficient (Wildman–Crippen LogP) is 3.99. The molecule has 1 atom stereocenters. The van der Waals surface area contributed by atoms with Gasteiger partial charge in [-0.25, -0.2) is 9.37 Å². The van der Waals surface area contributed by atoms with Crippen molar-refractivity contribution < 1.29 is 18.1 Å². The molecule has 8 heteroatoms. The quantitative estimate of drug-likeness (QED) is 0.531. The van der Waals surface area contributed by atoms with Gasteiger partial charge in [0.2, 0.25) is 5.89 Å². The highest BCUT2D eigenvalue weighted by Crippen LogP contribution is 2.21. The summed E-state index contributed by atoms with van der Waals surface area (Å²) in [4.78, 5) is 21.2. The molecule has 2 aromatic carbocycles. The van der Waals surface area contributed by atoms with Gasteiger partial charge in [0, 0.05) is 12.0 Å². The molecule has 0 saturated heterocycles. The number of amides is 1. The maximum atomic E-state index is 13.8. The molecule has 1 N–H and O–H groups in total. The van der Waals surface area contributed by atoms with Crippen molar-refractivity contribution in [3.8, 4) is 0 Å². The first-order chi connectivity index (χ1) is 14.0. The summed E-state index contributed by atoms with van der Waals surface area (Å²) in [7, 11) is 0. The van der Waals surface area contributed by atoms with Crippen LogP contribution in [0.3, 0.4) is 0 Å². The Hall–Kier alpha value is -3.55. The summed E-state index contributed by atoms with van der Waals surface area (Å²) in [5, 5.41) is 6.65. The molecule has 0 aliphatic carbocycles. The Kier molecular flexibility index (Phi) is 5.07. The number of fused-ring (bicyclic) bond motifs is 1. The van der Waals surface area contributed by atoms with Gasteiger partial charge in [-0.15, -0.1) is 0 Å². The van der Waals surface area contributed by atoms with Gasteiger partial charge in [0.15, 0.2) is 17.3 Å². The zero-order chi connectivity index (χ0) is 20.4. The standard InChI is InChI=1S/C21H19FN4O3/c1-3-18-25-21(29-26-18)12(2)23-20(27)14-8-9-16-17(10-14)28-19(24-16)11-13-6-4-5-7-15(13)22/h4-10,12H,3,11H2,1-2H3,(H,23,27). The maximum absolute atomic E-state index is 13.8. The summed E-state index contributed by atoms with van der Waals surface area (Å²) in [5.41, 5.74) is 1.97. The second-order valence-electron chi connectivity index (χ2n) is 6.66. The second kappa shape index (κ2) is 7.83. The number of aromatic nitrogens is 3. The van der Waals surface area contributed by atoms with Crippen LogP contribution >= 0.6 is 0 Å². The summed E-state index contributed by atoms with van der Waals surface area (Å²) in [5.74, 6) is 0.711. The topological polar surface area (TPSA) is 94.1 Å². The number of hydrogen-bond donors (Lipinski definition) is 1. The minimum absolute atomic E-state index is 0.233. The Morgan fingerprint density at radius 1 is 1.21 bits per heavy atom. The average Bonchev–Trinajstić information content (AvgIpc) is 3.35. The van der Waals surface area contributed by atoms with Gasteiger partial charge in [0.25, 0.3) is 5.91 Å². The van der Waals surface area contributed by atoms with E-state index in [9.17, 15) is 9.18 Å². The number of carbonyl (C=O) groups is 1. The van der Waals surface area contributed by atoms with Crippen molar-refractivity contribution in [3.63, 3.8) is 0 Å². The largest absolute Gasteiger partial charge is 0.440 e. The number of rotatable bonds is 6. The normalized spacial score (nSPS) is 12.2. The van der Waals surface area contributed by atoms with Crippen molar-refractivity contribution in [2.45, 2.75) is 32.7 Å². The summed E-state index contributed by atoms with van der Waals surface area (Å²) in [6.07, 6.45) is 0.887. The summed E-state index contributed by atoms with van der Waals surface area (Å²) in [6.45, 7) is 3.69. The van der Waals surface area contributed by atoms with Crippen molar-refractivity contribution in [2.75, 3.05) is 0 Å². The van der Waals surface area contributed by atoms with Gasteiger partial charge < -0.3 is 14.3 Å². The molecule has 0 saturated carbocycles. The van der Waals surface area contributed by atoms with Crippen LogP contribution in [-0.2, 0) is 12.8 Å². The number of aryl methyl sites for hydroxylation is 1. The van der Waals surface area contributed by atoms with Gasteiger partial charge in [-0.3, -0.25) is 4.79 Å². The maximum Gasteiger partial charge on any atom is 0.252 e. The Morgan fingerprint density at radius 2 is 2.03 bits per heavy atom. The molecule has 0 aliphatic rings. The molecule has 148 valence electrons. The highest BCUT2D eigenvalue weighted by atomic mass is 19.1. The van der Waals surface area contributed by atoms with E-state index in [-0.39, 0.29) is 18.1 Å². The average molecular weight is 394 g/mol. The van der Waals surface area contributed by atoms with Crippen LogP contribution in [0.4, 0.5) is 4.39 Å². The fourth-order valence-electron chi connectivity index (χ4n) is 2.92. The van der Waals surface area contributed by atoms with Gasteiger partial charge in [-0.2, -0.15) is 4.98 Å². The van der Waals surface area contributed by atoms with E-state index >= 15 is 0 Å². The Balaban J connectivity index is 1.50. The van der Waals surface area contributed by atoms with Crippen LogP contribution in [-0.4, -0.2) is 21.0 Å². The van der Waals surface area contributed by atoms with E-state index in [0.29, 0.717) is 46.3 Å². The third kappa shape index (κ3) is 4.01. The predicted molar refractivity (Wildman–Crippen MR) is 103 cm³/mol. The number of nitrogens with zero attached hydrogens (tertiary/aromatic N) is 3. The highest BCUT2D eigenvalue weighted by molar-refractivity contribution is 5.97. The minimum atomic E-state index is -0.433. The first-order valence-electron chi connectivity index (χ1n) is 9.29. The fraction of sp³-hybridized carbons (Fsp3) is 0.238. The highest BCUT2D eigenvalue weighted by Gasteiger charge is 2.18. The molecule has 0 aliphatic heterocycles. The van der Waals surface area contributed by atoms with Crippen LogP contribution in [0, 0.1) is 5.82 Å². The lowest BCUT2D eigenvalue weighted by molar-refractivity contribution is 0.0932. The molecule has 29 heavy (non-hydrogen) atoms. The zero-order valence-electron chi connectivity index (χ0n) is 16.0. The molecule has 0 fully saturated rings. The van der Waals surface area contributed by atoms with E-state index in [0.717, 1.165) is 0 Å². The fourth-order valence-corrected chi connectivity index (χ4v) is 2.92. The number of oxazole rings is 1. The Morgan fingerprint density at radius 3 is 2.79 bits per heavy atom. The third-order valence-corrected chi connectivity index (χ3v) is 4.51. The summed E-state index contributed by atoms with van der Waals surface area (Å²) in [6, 6.07) is 11.0. The monoisotopic (exact) mass is 394 g/mol. The third-order valence-electron chi connectivity index (χ3n) is 4.51. The van der Waals surface area contributed by atoms with Crippen molar-refractivity contribution in [2.24, 2.45) is 0 Å². The van der Waals surface area contributed by atoms with Crippen LogP contribution in [0.2, 0.25) is 0 Å². The molecule has 0 spiro atoms. The number of carbonyl (C=O) groups excluding carboxylic acids is 1. The van der Waals surface area contributed by atoms with Crippen LogP contribution in [0.25, 0.3) is 11.1 Å². The number of halogens is 1. The first kappa shape index (κ1) is 18.8.